The van der Waals surface area contributed by atoms with Crippen molar-refractivity contribution in [3.05, 3.63) is 36.0 Å². The van der Waals surface area contributed by atoms with Crippen LogP contribution in [0, 0.1) is 0 Å². The summed E-state index contributed by atoms with van der Waals surface area (Å²) in [6, 6.07) is 0. The van der Waals surface area contributed by atoms with Crippen molar-refractivity contribution < 1.29 is 15.3 Å². The van der Waals surface area contributed by atoms with Crippen LogP contribution < -0.4 is 0 Å². The van der Waals surface area contributed by atoms with Crippen LogP contribution >= 0.6 is 0 Å². The van der Waals surface area contributed by atoms with E-state index < -0.39 is 11.7 Å². The van der Waals surface area contributed by atoms with Gasteiger partial charge in [-0.2, -0.15) is 0 Å². The first kappa shape index (κ1) is 17.1. The van der Waals surface area contributed by atoms with Gasteiger partial charge in [-0.1, -0.05) is 29.4 Å². The number of hydrogen-bond donors (Lipinski definition) is 3. The molecule has 2 atom stereocenters. The van der Waals surface area contributed by atoms with Gasteiger partial charge in [-0.15, -0.1) is 6.58 Å². The van der Waals surface area contributed by atoms with Crippen molar-refractivity contribution >= 4 is 0 Å². The summed E-state index contributed by atoms with van der Waals surface area (Å²) in [6.45, 7) is 9.03. The number of aliphatic hydroxyl groups excluding tert-OH is 2. The van der Waals surface area contributed by atoms with Crippen molar-refractivity contribution in [2.75, 3.05) is 6.61 Å². The first-order chi connectivity index (χ1) is 8.33. The lowest BCUT2D eigenvalue weighted by atomic mass is 9.95. The van der Waals surface area contributed by atoms with Crippen molar-refractivity contribution in [2.45, 2.75) is 51.7 Å². The van der Waals surface area contributed by atoms with Gasteiger partial charge in [0.15, 0.2) is 0 Å². The summed E-state index contributed by atoms with van der Waals surface area (Å²) in [4.78, 5) is 0. The lowest BCUT2D eigenvalue weighted by Crippen LogP contribution is -2.36. The molecule has 3 heteroatoms. The Morgan fingerprint density at radius 1 is 1.28 bits per heavy atom. The summed E-state index contributed by atoms with van der Waals surface area (Å²) in [7, 11) is 0. The van der Waals surface area contributed by atoms with Crippen LogP contribution in [0.3, 0.4) is 0 Å². The monoisotopic (exact) mass is 254 g/mol. The maximum Gasteiger partial charge on any atom is 0.106 e. The van der Waals surface area contributed by atoms with Gasteiger partial charge < -0.3 is 15.3 Å². The first-order valence-corrected chi connectivity index (χ1v) is 6.29. The van der Waals surface area contributed by atoms with Gasteiger partial charge >= 0.3 is 0 Å². The smallest absolute Gasteiger partial charge is 0.106 e. The van der Waals surface area contributed by atoms with E-state index in [0.29, 0.717) is 6.42 Å². The fourth-order valence-corrected chi connectivity index (χ4v) is 1.40. The number of rotatable bonds is 8. The fourth-order valence-electron chi connectivity index (χ4n) is 1.40. The zero-order chi connectivity index (χ0) is 14.2. The molecule has 18 heavy (non-hydrogen) atoms. The summed E-state index contributed by atoms with van der Waals surface area (Å²) in [5.74, 6) is 0. The second-order valence-electron chi connectivity index (χ2n) is 4.98. The quantitative estimate of drug-likeness (QED) is 0.583. The topological polar surface area (TPSA) is 60.7 Å². The van der Waals surface area contributed by atoms with E-state index in [1.807, 2.05) is 26.0 Å². The van der Waals surface area contributed by atoms with Crippen molar-refractivity contribution in [2.24, 2.45) is 0 Å². The van der Waals surface area contributed by atoms with Gasteiger partial charge in [-0.05, 0) is 40.0 Å². The lowest BCUT2D eigenvalue weighted by Gasteiger charge is -2.24. The molecule has 0 aliphatic rings. The van der Waals surface area contributed by atoms with Crippen LogP contribution in [0.1, 0.15) is 40.0 Å². The molecule has 0 aromatic carbocycles. The van der Waals surface area contributed by atoms with Gasteiger partial charge in [0.25, 0.3) is 0 Å². The molecule has 3 nitrogen and oxygen atoms in total. The zero-order valence-electron chi connectivity index (χ0n) is 11.7. The summed E-state index contributed by atoms with van der Waals surface area (Å²) < 4.78 is 0. The molecule has 0 saturated carbocycles. The highest BCUT2D eigenvalue weighted by Gasteiger charge is 2.25. The van der Waals surface area contributed by atoms with Crippen LogP contribution in [-0.4, -0.2) is 33.6 Å². The fraction of sp³-hybridized carbons (Fsp3) is 0.600. The predicted molar refractivity (Wildman–Crippen MR) is 75.3 cm³/mol. The molecular weight excluding hydrogens is 228 g/mol. The van der Waals surface area contributed by atoms with Gasteiger partial charge in [0.1, 0.15) is 5.60 Å². The molecule has 3 N–H and O–H groups in total. The Kier molecular flexibility index (Phi) is 7.83. The highest BCUT2D eigenvalue weighted by atomic mass is 16.3. The Bertz CT molecular complexity index is 314. The SMILES string of the molecule is C=CC(C)(O)C(O)C/C=C(\C)CC/C=C(\C)CO. The molecule has 104 valence electrons. The molecule has 0 aromatic rings. The van der Waals surface area contributed by atoms with E-state index in [-0.39, 0.29) is 6.61 Å². The summed E-state index contributed by atoms with van der Waals surface area (Å²) in [5.41, 5.74) is 0.887. The standard InChI is InChI=1S/C15H26O3/c1-5-15(4,18)14(17)10-9-12(2)7-6-8-13(3)11-16/h5,8-9,14,16-18H,1,6-7,10-11H2,2-4H3/b12-9+,13-8+. The molecule has 0 amide bonds. The highest BCUT2D eigenvalue weighted by molar-refractivity contribution is 5.06. The van der Waals surface area contributed by atoms with Crippen LogP contribution in [0.5, 0.6) is 0 Å². The Balaban J connectivity index is 4.16. The van der Waals surface area contributed by atoms with Crippen LogP contribution in [0.15, 0.2) is 36.0 Å². The van der Waals surface area contributed by atoms with E-state index in [1.54, 1.807) is 6.92 Å². The molecule has 0 saturated heterocycles. The van der Waals surface area contributed by atoms with Gasteiger partial charge in [0.05, 0.1) is 12.7 Å². The average Bonchev–Trinajstić information content (AvgIpc) is 2.35. The Morgan fingerprint density at radius 2 is 1.89 bits per heavy atom. The molecule has 2 unspecified atom stereocenters. The van der Waals surface area contributed by atoms with Crippen molar-refractivity contribution in [3.8, 4) is 0 Å². The maximum atomic E-state index is 9.77. The van der Waals surface area contributed by atoms with E-state index in [1.165, 1.54) is 6.08 Å². The van der Waals surface area contributed by atoms with Crippen LogP contribution in [-0.2, 0) is 0 Å². The Labute approximate surface area is 110 Å². The highest BCUT2D eigenvalue weighted by Crippen LogP contribution is 2.16. The van der Waals surface area contributed by atoms with Crippen LogP contribution in [0.4, 0.5) is 0 Å². The number of hydrogen-bond acceptors (Lipinski definition) is 3. The maximum absolute atomic E-state index is 9.77. The van der Waals surface area contributed by atoms with Gasteiger partial charge in [-0.25, -0.2) is 0 Å². The minimum atomic E-state index is -1.25. The molecule has 0 spiro atoms. The molecule has 0 aliphatic heterocycles. The molecule has 0 aliphatic carbocycles. The molecule has 0 bridgehead atoms. The third kappa shape index (κ3) is 6.74. The number of aliphatic hydroxyl groups is 3. The van der Waals surface area contributed by atoms with Crippen LogP contribution in [0.25, 0.3) is 0 Å². The average molecular weight is 254 g/mol. The largest absolute Gasteiger partial charge is 0.392 e. The molecule has 0 heterocycles. The molecule has 0 rings (SSSR count). The van der Waals surface area contributed by atoms with Crippen molar-refractivity contribution in [1.29, 1.82) is 0 Å². The van der Waals surface area contributed by atoms with E-state index in [0.717, 1.165) is 24.0 Å². The third-order valence-corrected chi connectivity index (χ3v) is 3.06. The Morgan fingerprint density at radius 3 is 2.39 bits per heavy atom. The minimum Gasteiger partial charge on any atom is -0.392 e. The molecular formula is C15H26O3. The lowest BCUT2D eigenvalue weighted by molar-refractivity contribution is -0.0237. The van der Waals surface area contributed by atoms with Crippen molar-refractivity contribution in [1.82, 2.24) is 0 Å². The molecule has 0 radical (unpaired) electrons. The Hall–Kier alpha value is -0.900. The van der Waals surface area contributed by atoms with E-state index in [9.17, 15) is 10.2 Å². The van der Waals surface area contributed by atoms with E-state index >= 15 is 0 Å². The van der Waals surface area contributed by atoms with Gasteiger partial charge in [0, 0.05) is 0 Å². The van der Waals surface area contributed by atoms with Crippen molar-refractivity contribution in [3.63, 3.8) is 0 Å². The minimum absolute atomic E-state index is 0.101. The second-order valence-corrected chi connectivity index (χ2v) is 4.98. The molecule has 0 fully saturated rings. The van der Waals surface area contributed by atoms with E-state index in [4.69, 9.17) is 5.11 Å². The van der Waals surface area contributed by atoms with E-state index in [2.05, 4.69) is 6.58 Å². The third-order valence-electron chi connectivity index (χ3n) is 3.06. The summed E-state index contributed by atoms with van der Waals surface area (Å²) >= 11 is 0. The second kappa shape index (κ2) is 8.25. The van der Waals surface area contributed by atoms with Gasteiger partial charge in [0.2, 0.25) is 0 Å². The predicted octanol–water partition coefficient (Wildman–Crippen LogP) is 2.34. The number of allylic oxidation sites excluding steroid dienone is 2. The van der Waals surface area contributed by atoms with Gasteiger partial charge in [-0.3, -0.25) is 0 Å². The normalized spacial score (nSPS) is 18.3. The molecule has 0 aromatic heterocycles. The first-order valence-electron chi connectivity index (χ1n) is 6.29. The summed E-state index contributed by atoms with van der Waals surface area (Å²) in [5, 5.41) is 28.4. The van der Waals surface area contributed by atoms with Crippen LogP contribution in [0.2, 0.25) is 0 Å². The summed E-state index contributed by atoms with van der Waals surface area (Å²) in [6.07, 6.45) is 6.64. The zero-order valence-corrected chi connectivity index (χ0v) is 11.7.